The molecular weight excluding hydrogens is 333 g/mol. The number of rotatable bonds is 5. The molecule has 1 aromatic carbocycles. The van der Waals surface area contributed by atoms with E-state index in [4.69, 9.17) is 23.2 Å². The van der Waals surface area contributed by atoms with Crippen LogP contribution < -0.4 is 5.32 Å². The first-order valence-corrected chi connectivity index (χ1v) is 7.81. The fraction of sp³-hybridized carbons (Fsp3) is 0.333. The molecule has 0 saturated carbocycles. The SMILES string of the molecule is C[C@H](NC(=O)CSc1nnnn1C)c1ccc(Cl)cc1Cl. The highest BCUT2D eigenvalue weighted by Gasteiger charge is 2.14. The molecule has 0 aliphatic heterocycles. The predicted octanol–water partition coefficient (Wildman–Crippen LogP) is 2.49. The standard InChI is InChI=1S/C12H13Cl2N5OS/c1-7(9-4-3-8(13)5-10(9)14)15-11(20)6-21-12-16-17-18-19(12)2/h3-5,7H,6H2,1-2H3,(H,15,20)/t7-/m0/s1. The highest BCUT2D eigenvalue weighted by atomic mass is 35.5. The monoisotopic (exact) mass is 345 g/mol. The summed E-state index contributed by atoms with van der Waals surface area (Å²) in [6, 6.07) is 4.99. The molecule has 0 bridgehead atoms. The molecule has 0 radical (unpaired) electrons. The lowest BCUT2D eigenvalue weighted by molar-refractivity contribution is -0.119. The smallest absolute Gasteiger partial charge is 0.230 e. The Labute approximate surface area is 136 Å². The largest absolute Gasteiger partial charge is 0.349 e. The Morgan fingerprint density at radius 3 is 2.86 bits per heavy atom. The molecule has 1 aromatic heterocycles. The Morgan fingerprint density at radius 1 is 1.48 bits per heavy atom. The lowest BCUT2D eigenvalue weighted by Gasteiger charge is -2.15. The van der Waals surface area contributed by atoms with Crippen LogP contribution in [-0.4, -0.2) is 31.9 Å². The number of nitrogens with one attached hydrogen (secondary N) is 1. The fourth-order valence-corrected chi connectivity index (χ4v) is 2.92. The number of amides is 1. The molecule has 1 heterocycles. The maximum atomic E-state index is 11.9. The molecule has 0 fully saturated rings. The molecule has 2 rings (SSSR count). The molecule has 0 aliphatic rings. The zero-order chi connectivity index (χ0) is 15.4. The Kier molecular flexibility index (Phi) is 5.44. The van der Waals surface area contributed by atoms with Crippen LogP contribution in [0.3, 0.4) is 0 Å². The van der Waals surface area contributed by atoms with E-state index in [2.05, 4.69) is 20.8 Å². The number of benzene rings is 1. The first-order valence-electron chi connectivity index (χ1n) is 6.07. The Bertz CT molecular complexity index is 648. The number of hydrogen-bond donors (Lipinski definition) is 1. The normalized spacial score (nSPS) is 12.2. The van der Waals surface area contributed by atoms with Gasteiger partial charge in [0.25, 0.3) is 0 Å². The third kappa shape index (κ3) is 4.33. The van der Waals surface area contributed by atoms with Crippen molar-refractivity contribution >= 4 is 40.9 Å². The summed E-state index contributed by atoms with van der Waals surface area (Å²) in [4.78, 5) is 11.9. The second kappa shape index (κ2) is 7.11. The maximum absolute atomic E-state index is 11.9. The van der Waals surface area contributed by atoms with Crippen molar-refractivity contribution in [1.29, 1.82) is 0 Å². The number of hydrogen-bond acceptors (Lipinski definition) is 5. The van der Waals surface area contributed by atoms with Gasteiger partial charge in [-0.3, -0.25) is 4.79 Å². The third-order valence-corrected chi connectivity index (χ3v) is 4.29. The van der Waals surface area contributed by atoms with Gasteiger partial charge in [-0.25, -0.2) is 4.68 Å². The van der Waals surface area contributed by atoms with Crippen molar-refractivity contribution in [1.82, 2.24) is 25.5 Å². The minimum Gasteiger partial charge on any atom is -0.349 e. The van der Waals surface area contributed by atoms with Crippen molar-refractivity contribution in [2.24, 2.45) is 7.05 Å². The summed E-state index contributed by atoms with van der Waals surface area (Å²) in [5.41, 5.74) is 0.819. The third-order valence-electron chi connectivity index (χ3n) is 2.72. The first kappa shape index (κ1) is 16.1. The van der Waals surface area contributed by atoms with Gasteiger partial charge in [0.2, 0.25) is 11.1 Å². The van der Waals surface area contributed by atoms with Gasteiger partial charge in [-0.2, -0.15) is 0 Å². The van der Waals surface area contributed by atoms with Crippen LogP contribution in [0.1, 0.15) is 18.5 Å². The molecule has 112 valence electrons. The van der Waals surface area contributed by atoms with Crippen molar-refractivity contribution in [2.45, 2.75) is 18.1 Å². The second-order valence-electron chi connectivity index (χ2n) is 4.33. The zero-order valence-electron chi connectivity index (χ0n) is 11.4. The van der Waals surface area contributed by atoms with Crippen molar-refractivity contribution in [3.8, 4) is 0 Å². The number of aryl methyl sites for hydroxylation is 1. The van der Waals surface area contributed by atoms with Gasteiger partial charge < -0.3 is 5.32 Å². The summed E-state index contributed by atoms with van der Waals surface area (Å²) < 4.78 is 1.51. The quantitative estimate of drug-likeness (QED) is 0.842. The Morgan fingerprint density at radius 2 is 2.24 bits per heavy atom. The van der Waals surface area contributed by atoms with E-state index < -0.39 is 0 Å². The first-order chi connectivity index (χ1) is 9.97. The number of carbonyl (C=O) groups excluding carboxylic acids is 1. The Balaban J connectivity index is 1.91. The van der Waals surface area contributed by atoms with E-state index in [9.17, 15) is 4.79 Å². The second-order valence-corrected chi connectivity index (χ2v) is 6.11. The number of carbonyl (C=O) groups is 1. The minimum atomic E-state index is -0.208. The van der Waals surface area contributed by atoms with Crippen molar-refractivity contribution in [3.63, 3.8) is 0 Å². The van der Waals surface area contributed by atoms with Gasteiger partial charge in [0.15, 0.2) is 0 Å². The van der Waals surface area contributed by atoms with Crippen LogP contribution in [0.25, 0.3) is 0 Å². The summed E-state index contributed by atoms with van der Waals surface area (Å²) in [5.74, 6) is 0.102. The van der Waals surface area contributed by atoms with Gasteiger partial charge >= 0.3 is 0 Å². The summed E-state index contributed by atoms with van der Waals surface area (Å²) in [5, 5.41) is 15.6. The van der Waals surface area contributed by atoms with Crippen molar-refractivity contribution in [3.05, 3.63) is 33.8 Å². The molecule has 1 N–H and O–H groups in total. The van der Waals surface area contributed by atoms with Crippen LogP contribution in [0.15, 0.2) is 23.4 Å². The molecular formula is C12H13Cl2N5OS. The van der Waals surface area contributed by atoms with E-state index in [1.165, 1.54) is 16.4 Å². The van der Waals surface area contributed by atoms with Gasteiger partial charge in [-0.15, -0.1) is 5.10 Å². The van der Waals surface area contributed by atoms with Crippen LogP contribution in [0, 0.1) is 0 Å². The average Bonchev–Trinajstić information content (AvgIpc) is 2.81. The average molecular weight is 346 g/mol. The van der Waals surface area contributed by atoms with E-state index in [0.29, 0.717) is 15.2 Å². The number of halogens is 2. The van der Waals surface area contributed by atoms with E-state index >= 15 is 0 Å². The van der Waals surface area contributed by atoms with Crippen LogP contribution in [0.5, 0.6) is 0 Å². The lowest BCUT2D eigenvalue weighted by Crippen LogP contribution is -2.28. The summed E-state index contributed by atoms with van der Waals surface area (Å²) >= 11 is 13.2. The molecule has 1 amide bonds. The van der Waals surface area contributed by atoms with Crippen molar-refractivity contribution in [2.75, 3.05) is 5.75 Å². The van der Waals surface area contributed by atoms with Crippen LogP contribution >= 0.6 is 35.0 Å². The van der Waals surface area contributed by atoms with Gasteiger partial charge in [-0.1, -0.05) is 41.0 Å². The van der Waals surface area contributed by atoms with Crippen LogP contribution in [-0.2, 0) is 11.8 Å². The zero-order valence-corrected chi connectivity index (χ0v) is 13.7. The summed E-state index contributed by atoms with van der Waals surface area (Å²) in [6.07, 6.45) is 0. The van der Waals surface area contributed by atoms with Crippen LogP contribution in [0.4, 0.5) is 0 Å². The minimum absolute atomic E-state index is 0.124. The number of tetrazole rings is 1. The molecule has 1 atom stereocenters. The van der Waals surface area contributed by atoms with Gasteiger partial charge in [0.1, 0.15) is 0 Å². The van der Waals surface area contributed by atoms with Gasteiger partial charge in [0, 0.05) is 17.1 Å². The van der Waals surface area contributed by atoms with E-state index in [1.54, 1.807) is 25.2 Å². The topological polar surface area (TPSA) is 72.7 Å². The van der Waals surface area contributed by atoms with E-state index in [1.807, 2.05) is 6.92 Å². The molecule has 21 heavy (non-hydrogen) atoms. The highest BCUT2D eigenvalue weighted by Crippen LogP contribution is 2.26. The maximum Gasteiger partial charge on any atom is 0.230 e. The number of aromatic nitrogens is 4. The van der Waals surface area contributed by atoms with E-state index in [0.717, 1.165) is 5.56 Å². The van der Waals surface area contributed by atoms with Gasteiger partial charge in [-0.05, 0) is 35.0 Å². The lowest BCUT2D eigenvalue weighted by atomic mass is 10.1. The van der Waals surface area contributed by atoms with Gasteiger partial charge in [0.05, 0.1) is 11.8 Å². The van der Waals surface area contributed by atoms with E-state index in [-0.39, 0.29) is 17.7 Å². The fourth-order valence-electron chi connectivity index (χ4n) is 1.69. The molecule has 0 spiro atoms. The number of thioether (sulfide) groups is 1. The Hall–Kier alpha value is -1.31. The molecule has 2 aromatic rings. The van der Waals surface area contributed by atoms with Crippen LogP contribution in [0.2, 0.25) is 10.0 Å². The predicted molar refractivity (Wildman–Crippen MR) is 82.5 cm³/mol. The van der Waals surface area contributed by atoms with Crippen molar-refractivity contribution < 1.29 is 4.79 Å². The summed E-state index contributed by atoms with van der Waals surface area (Å²) in [6.45, 7) is 1.86. The number of nitrogens with zero attached hydrogens (tertiary/aromatic N) is 4. The molecule has 0 unspecified atom stereocenters. The summed E-state index contributed by atoms with van der Waals surface area (Å²) in [7, 11) is 1.72. The highest BCUT2D eigenvalue weighted by molar-refractivity contribution is 7.99. The molecule has 6 nitrogen and oxygen atoms in total. The molecule has 9 heteroatoms. The molecule has 0 aliphatic carbocycles. The molecule has 0 saturated heterocycles.